The van der Waals surface area contributed by atoms with Crippen LogP contribution in [0, 0.1) is 0 Å². The summed E-state index contributed by atoms with van der Waals surface area (Å²) in [6.07, 6.45) is -3.30. The number of rotatable bonds is 2. The van der Waals surface area contributed by atoms with Crippen LogP contribution in [0.25, 0.3) is 0 Å². The smallest absolute Gasteiger partial charge is 0.433 e. The normalized spacial score (nSPS) is 19.0. The minimum atomic E-state index is -4.40. The topological polar surface area (TPSA) is 34.1 Å². The molecule has 0 spiro atoms. The molecule has 1 fully saturated rings. The maximum atomic E-state index is 12.2. The highest BCUT2D eigenvalue weighted by Gasteiger charge is 2.35. The van der Waals surface area contributed by atoms with Gasteiger partial charge in [0.1, 0.15) is 17.0 Å². The first-order valence-electron chi connectivity index (χ1n) is 4.82. The first-order valence-corrected chi connectivity index (χ1v) is 4.82. The molecular formula is C10H11F3N2O. The molecule has 0 amide bonds. The molecule has 0 saturated carbocycles. The Kier molecular flexibility index (Phi) is 2.53. The van der Waals surface area contributed by atoms with Crippen molar-refractivity contribution in [1.29, 1.82) is 0 Å². The third-order valence-electron chi connectivity index (χ3n) is 2.39. The van der Waals surface area contributed by atoms with Crippen molar-refractivity contribution in [3.8, 4) is 5.75 Å². The van der Waals surface area contributed by atoms with Gasteiger partial charge in [0.25, 0.3) is 0 Å². The van der Waals surface area contributed by atoms with Crippen molar-refractivity contribution >= 4 is 0 Å². The number of hydrogen-bond acceptors (Lipinski definition) is 3. The minimum Gasteiger partial charge on any atom is -0.483 e. The number of halogens is 3. The summed E-state index contributed by atoms with van der Waals surface area (Å²) in [5, 5.41) is 3.03. The van der Waals surface area contributed by atoms with Gasteiger partial charge in [0, 0.05) is 13.1 Å². The predicted octanol–water partition coefficient (Wildman–Crippen LogP) is 1.84. The van der Waals surface area contributed by atoms with Crippen molar-refractivity contribution in [3.05, 3.63) is 24.0 Å². The third kappa shape index (κ3) is 2.27. The van der Waals surface area contributed by atoms with E-state index in [-0.39, 0.29) is 5.60 Å². The zero-order chi connectivity index (χ0) is 11.8. The summed E-state index contributed by atoms with van der Waals surface area (Å²) in [6.45, 7) is 3.27. The van der Waals surface area contributed by atoms with Gasteiger partial charge in [-0.2, -0.15) is 13.2 Å². The van der Waals surface area contributed by atoms with Gasteiger partial charge in [-0.05, 0) is 19.1 Å². The van der Waals surface area contributed by atoms with Crippen LogP contribution in [0.15, 0.2) is 18.3 Å². The van der Waals surface area contributed by atoms with Gasteiger partial charge in [0.15, 0.2) is 0 Å². The van der Waals surface area contributed by atoms with Crippen LogP contribution >= 0.6 is 0 Å². The average Bonchev–Trinajstić information content (AvgIpc) is 2.15. The summed E-state index contributed by atoms with van der Waals surface area (Å²) >= 11 is 0. The summed E-state index contributed by atoms with van der Waals surface area (Å²) in [7, 11) is 0. The van der Waals surface area contributed by atoms with Crippen molar-refractivity contribution in [2.45, 2.75) is 18.7 Å². The number of pyridine rings is 1. The van der Waals surface area contributed by atoms with Crippen LogP contribution in [-0.2, 0) is 6.18 Å². The lowest BCUT2D eigenvalue weighted by Gasteiger charge is -2.39. The first-order chi connectivity index (χ1) is 7.39. The molecule has 1 aromatic rings. The summed E-state index contributed by atoms with van der Waals surface area (Å²) in [5.41, 5.74) is -1.24. The Labute approximate surface area is 90.6 Å². The van der Waals surface area contributed by atoms with E-state index in [0.29, 0.717) is 18.8 Å². The van der Waals surface area contributed by atoms with Gasteiger partial charge in [0.05, 0.1) is 6.20 Å². The fraction of sp³-hybridized carbons (Fsp3) is 0.500. The third-order valence-corrected chi connectivity index (χ3v) is 2.39. The van der Waals surface area contributed by atoms with Gasteiger partial charge < -0.3 is 10.1 Å². The molecule has 1 aromatic heterocycles. The van der Waals surface area contributed by atoms with Crippen molar-refractivity contribution < 1.29 is 17.9 Å². The van der Waals surface area contributed by atoms with Crippen LogP contribution in [0.3, 0.4) is 0 Å². The molecule has 1 N–H and O–H groups in total. The zero-order valence-corrected chi connectivity index (χ0v) is 8.64. The molecule has 2 rings (SSSR count). The van der Waals surface area contributed by atoms with Gasteiger partial charge in [-0.3, -0.25) is 0 Å². The molecule has 0 aromatic carbocycles. The molecule has 0 aliphatic carbocycles. The lowest BCUT2D eigenvalue weighted by Crippen LogP contribution is -2.61. The van der Waals surface area contributed by atoms with Crippen LogP contribution in [0.1, 0.15) is 12.6 Å². The number of nitrogens with one attached hydrogen (secondary N) is 1. The highest BCUT2D eigenvalue weighted by atomic mass is 19.4. The minimum absolute atomic E-state index is 0.332. The standard InChI is InChI=1S/C10H11F3N2O/c1-9(5-14-6-9)16-7-2-3-8(15-4-7)10(11,12)13/h2-4,14H,5-6H2,1H3. The van der Waals surface area contributed by atoms with Crippen molar-refractivity contribution in [3.63, 3.8) is 0 Å². The van der Waals surface area contributed by atoms with Crippen LogP contribution < -0.4 is 10.1 Å². The Balaban J connectivity index is 2.08. The van der Waals surface area contributed by atoms with Gasteiger partial charge in [0.2, 0.25) is 0 Å². The molecule has 1 aliphatic rings. The Morgan fingerprint density at radius 2 is 2.06 bits per heavy atom. The Morgan fingerprint density at radius 1 is 1.38 bits per heavy atom. The maximum absolute atomic E-state index is 12.2. The molecule has 16 heavy (non-hydrogen) atoms. The lowest BCUT2D eigenvalue weighted by molar-refractivity contribution is -0.141. The summed E-state index contributed by atoms with van der Waals surface area (Å²) < 4.78 is 42.2. The van der Waals surface area contributed by atoms with E-state index < -0.39 is 11.9 Å². The second kappa shape index (κ2) is 3.62. The Morgan fingerprint density at radius 3 is 2.44 bits per heavy atom. The molecule has 0 unspecified atom stereocenters. The molecule has 0 atom stereocenters. The first kappa shape index (κ1) is 11.2. The number of alkyl halides is 3. The molecule has 2 heterocycles. The van der Waals surface area contributed by atoms with E-state index in [1.807, 2.05) is 6.92 Å². The summed E-state index contributed by atoms with van der Waals surface area (Å²) in [5.74, 6) is 0.358. The van der Waals surface area contributed by atoms with E-state index in [1.165, 1.54) is 6.07 Å². The van der Waals surface area contributed by atoms with Crippen molar-refractivity contribution in [2.75, 3.05) is 13.1 Å². The van der Waals surface area contributed by atoms with Gasteiger partial charge in [-0.15, -0.1) is 0 Å². The molecule has 1 aliphatic heterocycles. The van der Waals surface area contributed by atoms with E-state index in [0.717, 1.165) is 12.3 Å². The van der Waals surface area contributed by atoms with E-state index in [9.17, 15) is 13.2 Å². The lowest BCUT2D eigenvalue weighted by atomic mass is 10.0. The number of aromatic nitrogens is 1. The second-order valence-electron chi connectivity index (χ2n) is 4.03. The molecule has 3 nitrogen and oxygen atoms in total. The molecule has 0 bridgehead atoms. The zero-order valence-electron chi connectivity index (χ0n) is 8.64. The van der Waals surface area contributed by atoms with E-state index in [1.54, 1.807) is 0 Å². The van der Waals surface area contributed by atoms with Crippen LogP contribution in [0.2, 0.25) is 0 Å². The predicted molar refractivity (Wildman–Crippen MR) is 51.1 cm³/mol. The fourth-order valence-corrected chi connectivity index (χ4v) is 1.44. The quantitative estimate of drug-likeness (QED) is 0.844. The number of ether oxygens (including phenoxy) is 1. The van der Waals surface area contributed by atoms with Crippen LogP contribution in [-0.4, -0.2) is 23.7 Å². The SMILES string of the molecule is CC1(Oc2ccc(C(F)(F)F)nc2)CNC1. The second-order valence-corrected chi connectivity index (χ2v) is 4.03. The van der Waals surface area contributed by atoms with Gasteiger partial charge >= 0.3 is 6.18 Å². The highest BCUT2D eigenvalue weighted by Crippen LogP contribution is 2.29. The van der Waals surface area contributed by atoms with E-state index in [4.69, 9.17) is 4.74 Å². The molecule has 88 valence electrons. The van der Waals surface area contributed by atoms with Gasteiger partial charge in [-0.1, -0.05) is 0 Å². The molecule has 0 radical (unpaired) electrons. The van der Waals surface area contributed by atoms with E-state index in [2.05, 4.69) is 10.3 Å². The van der Waals surface area contributed by atoms with Crippen LogP contribution in [0.5, 0.6) is 5.75 Å². The molecule has 1 saturated heterocycles. The summed E-state index contributed by atoms with van der Waals surface area (Å²) in [6, 6.07) is 2.21. The largest absolute Gasteiger partial charge is 0.483 e. The number of hydrogen-bond donors (Lipinski definition) is 1. The van der Waals surface area contributed by atoms with Crippen molar-refractivity contribution in [1.82, 2.24) is 10.3 Å². The summed E-state index contributed by atoms with van der Waals surface area (Å²) in [4.78, 5) is 3.32. The van der Waals surface area contributed by atoms with Crippen molar-refractivity contribution in [2.24, 2.45) is 0 Å². The monoisotopic (exact) mass is 232 g/mol. The van der Waals surface area contributed by atoms with Crippen LogP contribution in [0.4, 0.5) is 13.2 Å². The molecular weight excluding hydrogens is 221 g/mol. The van der Waals surface area contributed by atoms with E-state index >= 15 is 0 Å². The maximum Gasteiger partial charge on any atom is 0.433 e. The Hall–Kier alpha value is -1.30. The Bertz CT molecular complexity index is 371. The fourth-order valence-electron chi connectivity index (χ4n) is 1.44. The molecule has 6 heteroatoms. The van der Waals surface area contributed by atoms with Gasteiger partial charge in [-0.25, -0.2) is 4.98 Å². The number of nitrogens with zero attached hydrogens (tertiary/aromatic N) is 1. The highest BCUT2D eigenvalue weighted by molar-refractivity contribution is 5.22. The average molecular weight is 232 g/mol.